The predicted octanol–water partition coefficient (Wildman–Crippen LogP) is 4.29. The summed E-state index contributed by atoms with van der Waals surface area (Å²) in [5.74, 6) is 0.577. The van der Waals surface area contributed by atoms with E-state index in [2.05, 4.69) is 15.2 Å². The van der Waals surface area contributed by atoms with Crippen molar-refractivity contribution in [2.75, 3.05) is 17.1 Å². The highest BCUT2D eigenvalue weighted by atomic mass is 32.2. The largest absolute Gasteiger partial charge is 0.495 e. The lowest BCUT2D eigenvalue weighted by Crippen LogP contribution is -2.12. The fraction of sp³-hybridized carbons (Fsp3) is 0.200. The van der Waals surface area contributed by atoms with Gasteiger partial charge in [-0.3, -0.25) is 9.52 Å². The SMILES string of the molecule is COc1ccc(C)cc1NS(=O)(=O)c1ccc(/C=C/c2onc(C)c2NC(C)=O)s1. The van der Waals surface area contributed by atoms with E-state index >= 15 is 0 Å². The summed E-state index contributed by atoms with van der Waals surface area (Å²) >= 11 is 1.10. The first kappa shape index (κ1) is 21.6. The van der Waals surface area contributed by atoms with Gasteiger partial charge in [-0.1, -0.05) is 11.2 Å². The molecule has 0 saturated carbocycles. The molecule has 2 N–H and O–H groups in total. The van der Waals surface area contributed by atoms with Crippen LogP contribution in [0.15, 0.2) is 39.1 Å². The number of benzene rings is 1. The summed E-state index contributed by atoms with van der Waals surface area (Å²) in [6, 6.07) is 8.47. The van der Waals surface area contributed by atoms with Gasteiger partial charge in [-0.25, -0.2) is 8.42 Å². The van der Waals surface area contributed by atoms with Gasteiger partial charge in [0.05, 0.1) is 12.8 Å². The Morgan fingerprint density at radius 2 is 1.97 bits per heavy atom. The van der Waals surface area contributed by atoms with Gasteiger partial charge in [-0.05, 0) is 55.8 Å². The second kappa shape index (κ2) is 8.72. The van der Waals surface area contributed by atoms with Crippen LogP contribution in [0.5, 0.6) is 5.75 Å². The van der Waals surface area contributed by atoms with Crippen LogP contribution in [-0.4, -0.2) is 26.6 Å². The number of sulfonamides is 1. The van der Waals surface area contributed by atoms with E-state index in [1.807, 2.05) is 13.0 Å². The lowest BCUT2D eigenvalue weighted by molar-refractivity contribution is -0.114. The summed E-state index contributed by atoms with van der Waals surface area (Å²) in [4.78, 5) is 12.0. The van der Waals surface area contributed by atoms with E-state index in [4.69, 9.17) is 9.26 Å². The Hall–Kier alpha value is -3.11. The third kappa shape index (κ3) is 4.89. The predicted molar refractivity (Wildman–Crippen MR) is 117 cm³/mol. The molecule has 0 aliphatic rings. The average Bonchev–Trinajstić information content (AvgIpc) is 3.28. The Balaban J connectivity index is 1.82. The number of hydrogen-bond acceptors (Lipinski definition) is 7. The van der Waals surface area contributed by atoms with E-state index in [0.29, 0.717) is 33.5 Å². The first-order valence-electron chi connectivity index (χ1n) is 8.89. The topological polar surface area (TPSA) is 111 Å². The van der Waals surface area contributed by atoms with Crippen molar-refractivity contribution in [2.24, 2.45) is 0 Å². The Morgan fingerprint density at radius 1 is 1.20 bits per heavy atom. The van der Waals surface area contributed by atoms with Crippen molar-refractivity contribution in [3.63, 3.8) is 0 Å². The molecule has 1 amide bonds. The number of thiophene rings is 1. The number of aromatic nitrogens is 1. The van der Waals surface area contributed by atoms with E-state index in [9.17, 15) is 13.2 Å². The molecule has 0 radical (unpaired) electrons. The Bertz CT molecular complexity index is 1210. The van der Waals surface area contributed by atoms with Crippen LogP contribution in [0.3, 0.4) is 0 Å². The average molecular weight is 448 g/mol. The summed E-state index contributed by atoms with van der Waals surface area (Å²) in [6.07, 6.45) is 3.33. The lowest BCUT2D eigenvalue weighted by atomic mass is 10.2. The molecular weight excluding hydrogens is 426 g/mol. The summed E-state index contributed by atoms with van der Waals surface area (Å²) in [5.41, 5.74) is 2.31. The molecule has 158 valence electrons. The summed E-state index contributed by atoms with van der Waals surface area (Å²) in [6.45, 7) is 4.98. The molecule has 0 atom stereocenters. The van der Waals surface area contributed by atoms with Gasteiger partial charge in [0.25, 0.3) is 10.0 Å². The number of anilines is 2. The molecule has 1 aromatic carbocycles. The highest BCUT2D eigenvalue weighted by Crippen LogP contribution is 2.31. The van der Waals surface area contributed by atoms with Crippen LogP contribution in [0.25, 0.3) is 12.2 Å². The first-order chi connectivity index (χ1) is 14.2. The molecule has 2 aromatic heterocycles. The van der Waals surface area contributed by atoms with Crippen molar-refractivity contribution >= 4 is 50.8 Å². The third-order valence-corrected chi connectivity index (χ3v) is 6.96. The molecule has 0 aliphatic carbocycles. The van der Waals surface area contributed by atoms with E-state index in [1.165, 1.54) is 20.1 Å². The Morgan fingerprint density at radius 3 is 2.67 bits per heavy atom. The number of methoxy groups -OCH3 is 1. The van der Waals surface area contributed by atoms with Crippen molar-refractivity contribution in [3.05, 3.63) is 52.2 Å². The minimum Gasteiger partial charge on any atom is -0.495 e. The normalized spacial score (nSPS) is 11.6. The van der Waals surface area contributed by atoms with Gasteiger partial charge >= 0.3 is 0 Å². The molecule has 30 heavy (non-hydrogen) atoms. The van der Waals surface area contributed by atoms with Crippen LogP contribution in [0, 0.1) is 13.8 Å². The fourth-order valence-electron chi connectivity index (χ4n) is 2.65. The standard InChI is InChI=1S/C20H21N3O5S2/c1-12-5-8-17(27-4)16(11-12)23-30(25,26)19-10-7-15(29-19)6-9-18-20(21-14(3)24)13(2)22-28-18/h5-11,23H,1-4H3,(H,21,24)/b9-6+. The maximum Gasteiger partial charge on any atom is 0.271 e. The summed E-state index contributed by atoms with van der Waals surface area (Å²) in [5, 5.41) is 6.51. The number of ether oxygens (including phenoxy) is 1. The zero-order chi connectivity index (χ0) is 21.9. The van der Waals surface area contributed by atoms with Crippen molar-refractivity contribution in [3.8, 4) is 5.75 Å². The lowest BCUT2D eigenvalue weighted by Gasteiger charge is -2.11. The van der Waals surface area contributed by atoms with Crippen molar-refractivity contribution in [1.82, 2.24) is 5.16 Å². The minimum absolute atomic E-state index is 0.154. The van der Waals surface area contributed by atoms with Crippen LogP contribution < -0.4 is 14.8 Å². The number of carbonyl (C=O) groups is 1. The second-order valence-corrected chi connectivity index (χ2v) is 9.51. The van der Waals surface area contributed by atoms with Gasteiger partial charge in [0.15, 0.2) is 5.76 Å². The number of rotatable bonds is 7. The van der Waals surface area contributed by atoms with Crippen molar-refractivity contribution in [2.45, 2.75) is 25.0 Å². The molecule has 10 heteroatoms. The van der Waals surface area contributed by atoms with E-state index in [-0.39, 0.29) is 10.1 Å². The second-order valence-electron chi connectivity index (χ2n) is 6.49. The van der Waals surface area contributed by atoms with Gasteiger partial charge < -0.3 is 14.6 Å². The number of nitrogens with one attached hydrogen (secondary N) is 2. The molecule has 0 aliphatic heterocycles. The van der Waals surface area contributed by atoms with Crippen LogP contribution >= 0.6 is 11.3 Å². The van der Waals surface area contributed by atoms with Gasteiger partial charge in [0.1, 0.15) is 21.3 Å². The van der Waals surface area contributed by atoms with Gasteiger partial charge in [0.2, 0.25) is 5.91 Å². The van der Waals surface area contributed by atoms with Crippen LogP contribution in [0.2, 0.25) is 0 Å². The molecule has 0 unspecified atom stereocenters. The molecule has 0 saturated heterocycles. The number of hydrogen-bond donors (Lipinski definition) is 2. The highest BCUT2D eigenvalue weighted by molar-refractivity contribution is 7.94. The van der Waals surface area contributed by atoms with Crippen LogP contribution in [0.1, 0.15) is 28.8 Å². The minimum atomic E-state index is -3.78. The quantitative estimate of drug-likeness (QED) is 0.559. The molecule has 3 aromatic rings. The van der Waals surface area contributed by atoms with Gasteiger partial charge in [-0.2, -0.15) is 0 Å². The highest BCUT2D eigenvalue weighted by Gasteiger charge is 2.19. The van der Waals surface area contributed by atoms with Gasteiger partial charge in [0, 0.05) is 11.8 Å². The van der Waals surface area contributed by atoms with Gasteiger partial charge in [-0.15, -0.1) is 11.3 Å². The molecular formula is C20H21N3O5S2. The van der Waals surface area contributed by atoms with Crippen molar-refractivity contribution < 1.29 is 22.5 Å². The third-order valence-electron chi connectivity index (χ3n) is 4.06. The summed E-state index contributed by atoms with van der Waals surface area (Å²) in [7, 11) is -2.30. The number of amides is 1. The van der Waals surface area contributed by atoms with Crippen LogP contribution in [0.4, 0.5) is 11.4 Å². The van der Waals surface area contributed by atoms with Crippen LogP contribution in [-0.2, 0) is 14.8 Å². The molecule has 0 spiro atoms. The Labute approximate surface area is 178 Å². The van der Waals surface area contributed by atoms with Crippen molar-refractivity contribution in [1.29, 1.82) is 0 Å². The first-order valence-corrected chi connectivity index (χ1v) is 11.2. The molecule has 8 nitrogen and oxygen atoms in total. The monoisotopic (exact) mass is 447 g/mol. The maximum absolute atomic E-state index is 12.8. The molecule has 0 bridgehead atoms. The number of nitrogens with zero attached hydrogens (tertiary/aromatic N) is 1. The molecule has 2 heterocycles. The smallest absolute Gasteiger partial charge is 0.271 e. The zero-order valence-electron chi connectivity index (χ0n) is 16.8. The molecule has 3 rings (SSSR count). The zero-order valence-corrected chi connectivity index (χ0v) is 18.5. The van der Waals surface area contributed by atoms with E-state index in [1.54, 1.807) is 37.3 Å². The maximum atomic E-state index is 12.8. The van der Waals surface area contributed by atoms with E-state index < -0.39 is 10.0 Å². The fourth-order valence-corrected chi connectivity index (χ4v) is 4.94. The van der Waals surface area contributed by atoms with E-state index in [0.717, 1.165) is 16.9 Å². The molecule has 0 fully saturated rings. The number of carbonyl (C=O) groups excluding carboxylic acids is 1. The summed E-state index contributed by atoms with van der Waals surface area (Å²) < 4.78 is 38.8. The Kier molecular flexibility index (Phi) is 6.28. The number of aryl methyl sites for hydroxylation is 2.